The van der Waals surface area contributed by atoms with Crippen LogP contribution in [0.1, 0.15) is 279 Å². The van der Waals surface area contributed by atoms with Gasteiger partial charge in [0.25, 0.3) is 0 Å². The van der Waals surface area contributed by atoms with E-state index in [1.165, 1.54) is 167 Å². The van der Waals surface area contributed by atoms with E-state index in [1.54, 1.807) is 0 Å². The van der Waals surface area contributed by atoms with Crippen LogP contribution in [0.3, 0.4) is 0 Å². The maximum absolute atomic E-state index is 12.7. The molecule has 338 valence electrons. The van der Waals surface area contributed by atoms with E-state index in [0.717, 1.165) is 69.6 Å². The number of unbranched alkanes of at least 4 members (excludes halogenated alkanes) is 29. The molecule has 0 radical (unpaired) electrons. The van der Waals surface area contributed by atoms with Gasteiger partial charge in [0, 0.05) is 19.3 Å². The molecule has 2 atom stereocenters. The minimum atomic E-state index is -0.762. The SMILES string of the molecule is CCCCCCCCCCCCCCCCCCCC(=O)OC[C@H](COC(=O)CCCCCCCCCC(C)C)OC(=O)CCCCCCCCCCC(C)CC. The molecule has 0 aromatic rings. The molecular weight excluding hydrogens is 709 g/mol. The first-order valence-corrected chi connectivity index (χ1v) is 25.3. The summed E-state index contributed by atoms with van der Waals surface area (Å²) < 4.78 is 16.8. The predicted octanol–water partition coefficient (Wildman–Crippen LogP) is 16.1. The quantitative estimate of drug-likeness (QED) is 0.0346. The molecule has 0 rings (SSSR count). The van der Waals surface area contributed by atoms with E-state index >= 15 is 0 Å². The molecule has 0 heterocycles. The van der Waals surface area contributed by atoms with Gasteiger partial charge in [-0.05, 0) is 31.1 Å². The van der Waals surface area contributed by atoms with Gasteiger partial charge in [-0.25, -0.2) is 0 Å². The third-order valence-electron chi connectivity index (χ3n) is 11.8. The van der Waals surface area contributed by atoms with E-state index in [4.69, 9.17) is 14.2 Å². The fourth-order valence-electron chi connectivity index (χ4n) is 7.60. The molecule has 0 aromatic carbocycles. The Kier molecular flexibility index (Phi) is 42.7. The summed E-state index contributed by atoms with van der Waals surface area (Å²) in [6.07, 6.45) is 43.8. The van der Waals surface area contributed by atoms with Gasteiger partial charge < -0.3 is 14.2 Å². The first kappa shape index (κ1) is 55.4. The average molecular weight is 807 g/mol. The zero-order chi connectivity index (χ0) is 41.9. The van der Waals surface area contributed by atoms with Crippen LogP contribution in [0.15, 0.2) is 0 Å². The zero-order valence-electron chi connectivity index (χ0n) is 39.0. The summed E-state index contributed by atoms with van der Waals surface area (Å²) in [5.41, 5.74) is 0. The van der Waals surface area contributed by atoms with Crippen LogP contribution in [-0.2, 0) is 28.6 Å². The van der Waals surface area contributed by atoms with Gasteiger partial charge in [-0.15, -0.1) is 0 Å². The Hall–Kier alpha value is -1.59. The van der Waals surface area contributed by atoms with E-state index in [1.807, 2.05) is 0 Å². The summed E-state index contributed by atoms with van der Waals surface area (Å²) in [5, 5.41) is 0. The number of ether oxygens (including phenoxy) is 3. The molecule has 0 fully saturated rings. The normalized spacial score (nSPS) is 12.5. The number of rotatable bonds is 45. The second kappa shape index (κ2) is 44.0. The molecule has 0 N–H and O–H groups in total. The monoisotopic (exact) mass is 807 g/mol. The molecule has 6 nitrogen and oxygen atoms in total. The number of hydrogen-bond donors (Lipinski definition) is 0. The highest BCUT2D eigenvalue weighted by atomic mass is 16.6. The summed E-state index contributed by atoms with van der Waals surface area (Å²) in [5.74, 6) is 0.771. The molecule has 6 heteroatoms. The lowest BCUT2D eigenvalue weighted by Crippen LogP contribution is -2.30. The van der Waals surface area contributed by atoms with Crippen molar-refractivity contribution in [1.82, 2.24) is 0 Å². The van der Waals surface area contributed by atoms with Crippen molar-refractivity contribution in [1.29, 1.82) is 0 Å². The van der Waals surface area contributed by atoms with Crippen molar-refractivity contribution in [3.8, 4) is 0 Å². The molecule has 0 aliphatic rings. The van der Waals surface area contributed by atoms with Crippen LogP contribution in [0, 0.1) is 11.8 Å². The molecule has 0 bridgehead atoms. The predicted molar refractivity (Wildman–Crippen MR) is 243 cm³/mol. The number of carbonyl (C=O) groups is 3. The fourth-order valence-corrected chi connectivity index (χ4v) is 7.60. The molecule has 0 spiro atoms. The number of esters is 3. The molecule has 0 saturated heterocycles. The van der Waals surface area contributed by atoms with Crippen molar-refractivity contribution in [2.75, 3.05) is 13.2 Å². The van der Waals surface area contributed by atoms with Crippen molar-refractivity contribution >= 4 is 17.9 Å². The van der Waals surface area contributed by atoms with Gasteiger partial charge in [-0.3, -0.25) is 14.4 Å². The Morgan fingerprint density at radius 3 is 1.00 bits per heavy atom. The van der Waals surface area contributed by atoms with E-state index in [-0.39, 0.29) is 31.1 Å². The lowest BCUT2D eigenvalue weighted by atomic mass is 9.99. The second-order valence-electron chi connectivity index (χ2n) is 18.2. The largest absolute Gasteiger partial charge is 0.462 e. The Morgan fingerprint density at radius 1 is 0.368 bits per heavy atom. The summed E-state index contributed by atoms with van der Waals surface area (Å²) >= 11 is 0. The topological polar surface area (TPSA) is 78.9 Å². The van der Waals surface area contributed by atoms with Crippen molar-refractivity contribution in [2.45, 2.75) is 285 Å². The average Bonchev–Trinajstić information content (AvgIpc) is 3.19. The van der Waals surface area contributed by atoms with Gasteiger partial charge in [-0.1, -0.05) is 240 Å². The maximum Gasteiger partial charge on any atom is 0.306 e. The lowest BCUT2D eigenvalue weighted by Gasteiger charge is -2.18. The minimum Gasteiger partial charge on any atom is -0.462 e. The minimum absolute atomic E-state index is 0.0648. The molecule has 0 aliphatic heterocycles. The summed E-state index contributed by atoms with van der Waals surface area (Å²) in [6.45, 7) is 11.3. The first-order chi connectivity index (χ1) is 27.8. The van der Waals surface area contributed by atoms with Crippen molar-refractivity contribution < 1.29 is 28.6 Å². The summed E-state index contributed by atoms with van der Waals surface area (Å²) in [4.78, 5) is 37.8. The first-order valence-electron chi connectivity index (χ1n) is 25.3. The van der Waals surface area contributed by atoms with Gasteiger partial charge in [-0.2, -0.15) is 0 Å². The van der Waals surface area contributed by atoms with E-state index in [0.29, 0.717) is 19.3 Å². The molecule has 1 unspecified atom stereocenters. The molecular formula is C51H98O6. The lowest BCUT2D eigenvalue weighted by molar-refractivity contribution is -0.167. The van der Waals surface area contributed by atoms with Crippen molar-refractivity contribution in [3.63, 3.8) is 0 Å². The Bertz CT molecular complexity index is 872. The Labute approximate surface area is 355 Å². The van der Waals surface area contributed by atoms with Crippen molar-refractivity contribution in [2.24, 2.45) is 11.8 Å². The van der Waals surface area contributed by atoms with Gasteiger partial charge in [0.05, 0.1) is 0 Å². The molecule has 0 amide bonds. The van der Waals surface area contributed by atoms with Crippen LogP contribution < -0.4 is 0 Å². The van der Waals surface area contributed by atoms with E-state index in [9.17, 15) is 14.4 Å². The van der Waals surface area contributed by atoms with Crippen LogP contribution in [0.5, 0.6) is 0 Å². The second-order valence-corrected chi connectivity index (χ2v) is 18.2. The highest BCUT2D eigenvalue weighted by Gasteiger charge is 2.19. The van der Waals surface area contributed by atoms with Crippen LogP contribution in [-0.4, -0.2) is 37.2 Å². The van der Waals surface area contributed by atoms with Gasteiger partial charge in [0.1, 0.15) is 13.2 Å². The van der Waals surface area contributed by atoms with Crippen LogP contribution >= 0.6 is 0 Å². The van der Waals surface area contributed by atoms with Crippen LogP contribution in [0.4, 0.5) is 0 Å². The van der Waals surface area contributed by atoms with E-state index in [2.05, 4.69) is 34.6 Å². The molecule has 0 aliphatic carbocycles. The number of hydrogen-bond acceptors (Lipinski definition) is 6. The highest BCUT2D eigenvalue weighted by molar-refractivity contribution is 5.71. The van der Waals surface area contributed by atoms with E-state index < -0.39 is 6.10 Å². The van der Waals surface area contributed by atoms with Crippen LogP contribution in [0.2, 0.25) is 0 Å². The standard InChI is InChI=1S/C51H98O6/c1-6-8-9-10-11-12-13-14-15-16-17-18-19-20-26-31-36-41-49(52)55-44-48(45-56-50(53)42-37-32-28-23-24-29-34-39-46(3)4)57-51(54)43-38-33-27-22-21-25-30-35-40-47(5)7-2/h46-48H,6-45H2,1-5H3/t47?,48-/m1/s1. The Morgan fingerprint density at radius 2 is 0.667 bits per heavy atom. The Balaban J connectivity index is 4.28. The fraction of sp³-hybridized carbons (Fsp3) is 0.941. The highest BCUT2D eigenvalue weighted by Crippen LogP contribution is 2.17. The summed E-state index contributed by atoms with van der Waals surface area (Å²) in [7, 11) is 0. The van der Waals surface area contributed by atoms with Crippen LogP contribution in [0.25, 0.3) is 0 Å². The van der Waals surface area contributed by atoms with Gasteiger partial charge in [0.15, 0.2) is 6.10 Å². The van der Waals surface area contributed by atoms with Gasteiger partial charge >= 0.3 is 17.9 Å². The molecule has 0 aromatic heterocycles. The zero-order valence-corrected chi connectivity index (χ0v) is 39.0. The summed E-state index contributed by atoms with van der Waals surface area (Å²) in [6, 6.07) is 0. The maximum atomic E-state index is 12.7. The molecule has 57 heavy (non-hydrogen) atoms. The third-order valence-corrected chi connectivity index (χ3v) is 11.8. The molecule has 0 saturated carbocycles. The smallest absolute Gasteiger partial charge is 0.306 e. The number of carbonyl (C=O) groups excluding carboxylic acids is 3. The van der Waals surface area contributed by atoms with Gasteiger partial charge in [0.2, 0.25) is 0 Å². The van der Waals surface area contributed by atoms with Crippen molar-refractivity contribution in [3.05, 3.63) is 0 Å². The third kappa shape index (κ3) is 43.8.